The molecule has 3 N–H and O–H groups in total. The standard InChI is InChI=1S/C31H30ClN5O2/c1-31(24-6-4-3-5-7-24,35-15-14-21-8-11-25(32)12-9-21)30(39)27-18-34-28-16-22(10-13-26(27)28)23-17-36-37(19-23)20-29(38)33-2/h3-13,16-19,34-35H,14-15,20H2,1-2H3,(H,33,38). The molecule has 0 fully saturated rings. The van der Waals surface area contributed by atoms with Gasteiger partial charge >= 0.3 is 0 Å². The fraction of sp³-hybridized carbons (Fsp3) is 0.194. The Labute approximate surface area is 232 Å². The fourth-order valence-electron chi connectivity index (χ4n) is 4.78. The van der Waals surface area contributed by atoms with E-state index in [1.807, 2.05) is 85.9 Å². The molecule has 0 spiro atoms. The SMILES string of the molecule is CNC(=O)Cn1cc(-c2ccc3c(C(=O)C(C)(NCCc4ccc(Cl)cc4)c4ccccc4)c[nH]c3c2)cn1. The highest BCUT2D eigenvalue weighted by Crippen LogP contribution is 2.31. The van der Waals surface area contributed by atoms with Crippen molar-refractivity contribution >= 4 is 34.2 Å². The maximum absolute atomic E-state index is 14.2. The number of likely N-dealkylation sites (N-methyl/N-ethyl adjacent to an activating group) is 1. The molecule has 7 nitrogen and oxygen atoms in total. The molecule has 0 aliphatic heterocycles. The third-order valence-corrected chi connectivity index (χ3v) is 7.34. The van der Waals surface area contributed by atoms with Crippen molar-refractivity contribution in [3.63, 3.8) is 0 Å². The highest BCUT2D eigenvalue weighted by molar-refractivity contribution is 6.30. The van der Waals surface area contributed by atoms with Gasteiger partial charge in [0.15, 0.2) is 5.78 Å². The molecule has 1 amide bonds. The van der Waals surface area contributed by atoms with Crippen LogP contribution in [-0.4, -0.2) is 40.0 Å². The number of hydrogen-bond acceptors (Lipinski definition) is 4. The van der Waals surface area contributed by atoms with E-state index in [1.165, 1.54) is 0 Å². The summed E-state index contributed by atoms with van der Waals surface area (Å²) in [6, 6.07) is 23.5. The van der Waals surface area contributed by atoms with E-state index in [9.17, 15) is 9.59 Å². The number of rotatable bonds is 10. The number of halogens is 1. The summed E-state index contributed by atoms with van der Waals surface area (Å²) >= 11 is 6.03. The van der Waals surface area contributed by atoms with Crippen molar-refractivity contribution in [3.8, 4) is 11.1 Å². The molecule has 0 aliphatic rings. The summed E-state index contributed by atoms with van der Waals surface area (Å²) in [5.74, 6) is -0.127. The van der Waals surface area contributed by atoms with Crippen LogP contribution in [0.5, 0.6) is 0 Å². The largest absolute Gasteiger partial charge is 0.360 e. The molecule has 0 saturated heterocycles. The van der Waals surface area contributed by atoms with Crippen LogP contribution in [0.25, 0.3) is 22.0 Å². The Kier molecular flexibility index (Phi) is 7.63. The molecule has 0 aliphatic carbocycles. The fourth-order valence-corrected chi connectivity index (χ4v) is 4.91. The van der Waals surface area contributed by atoms with E-state index in [1.54, 1.807) is 24.1 Å². The predicted octanol–water partition coefficient (Wildman–Crippen LogP) is 5.36. The first-order valence-electron chi connectivity index (χ1n) is 12.8. The zero-order chi connectivity index (χ0) is 27.4. The van der Waals surface area contributed by atoms with Crippen molar-refractivity contribution in [1.29, 1.82) is 0 Å². The van der Waals surface area contributed by atoms with Crippen molar-refractivity contribution < 1.29 is 9.59 Å². The number of amides is 1. The van der Waals surface area contributed by atoms with Crippen molar-refractivity contribution in [2.24, 2.45) is 0 Å². The second kappa shape index (κ2) is 11.3. The van der Waals surface area contributed by atoms with Gasteiger partial charge in [-0.3, -0.25) is 14.3 Å². The first-order valence-corrected chi connectivity index (χ1v) is 13.2. The Hall–Kier alpha value is -4.20. The minimum Gasteiger partial charge on any atom is -0.360 e. The van der Waals surface area contributed by atoms with Gasteiger partial charge in [-0.05, 0) is 48.2 Å². The number of carbonyl (C=O) groups excluding carboxylic acids is 2. The van der Waals surface area contributed by atoms with Crippen molar-refractivity contribution in [2.45, 2.75) is 25.4 Å². The molecule has 1 unspecified atom stereocenters. The van der Waals surface area contributed by atoms with Crippen LogP contribution in [-0.2, 0) is 23.3 Å². The van der Waals surface area contributed by atoms with Gasteiger partial charge in [-0.2, -0.15) is 5.10 Å². The maximum Gasteiger partial charge on any atom is 0.241 e. The number of nitrogens with zero attached hydrogens (tertiary/aromatic N) is 2. The number of aromatic nitrogens is 3. The van der Waals surface area contributed by atoms with E-state index in [4.69, 9.17) is 11.6 Å². The topological polar surface area (TPSA) is 91.8 Å². The van der Waals surface area contributed by atoms with Crippen molar-refractivity contribution in [3.05, 3.63) is 113 Å². The molecule has 8 heteroatoms. The molecule has 5 rings (SSSR count). The molecular formula is C31H30ClN5O2. The van der Waals surface area contributed by atoms with Gasteiger partial charge in [-0.25, -0.2) is 0 Å². The molecule has 0 saturated carbocycles. The number of fused-ring (bicyclic) bond motifs is 1. The van der Waals surface area contributed by atoms with Crippen LogP contribution >= 0.6 is 11.6 Å². The molecule has 2 heterocycles. The number of nitrogens with one attached hydrogen (secondary N) is 3. The summed E-state index contributed by atoms with van der Waals surface area (Å²) in [4.78, 5) is 29.1. The molecule has 39 heavy (non-hydrogen) atoms. The Bertz CT molecular complexity index is 1610. The Morgan fingerprint density at radius 2 is 1.79 bits per heavy atom. The minimum atomic E-state index is -0.928. The van der Waals surface area contributed by atoms with Crippen LogP contribution in [0.1, 0.15) is 28.4 Å². The highest BCUT2D eigenvalue weighted by atomic mass is 35.5. The molecule has 0 bridgehead atoms. The molecule has 3 aromatic carbocycles. The average molecular weight is 540 g/mol. The Morgan fingerprint density at radius 1 is 1.03 bits per heavy atom. The number of aromatic amines is 1. The zero-order valence-electron chi connectivity index (χ0n) is 21.9. The predicted molar refractivity (Wildman–Crippen MR) is 155 cm³/mol. The third kappa shape index (κ3) is 5.65. The number of carbonyl (C=O) groups is 2. The summed E-state index contributed by atoms with van der Waals surface area (Å²) < 4.78 is 1.60. The number of Topliss-reactive ketones (excluding diaryl/α,β-unsaturated/α-hetero) is 1. The second-order valence-electron chi connectivity index (χ2n) is 9.69. The second-order valence-corrected chi connectivity index (χ2v) is 10.1. The lowest BCUT2D eigenvalue weighted by Gasteiger charge is -2.30. The van der Waals surface area contributed by atoms with Gasteiger partial charge in [-0.1, -0.05) is 66.2 Å². The summed E-state index contributed by atoms with van der Waals surface area (Å²) in [7, 11) is 1.60. The number of H-pyrrole nitrogens is 1. The molecule has 198 valence electrons. The van der Waals surface area contributed by atoms with E-state index in [-0.39, 0.29) is 18.2 Å². The van der Waals surface area contributed by atoms with E-state index in [2.05, 4.69) is 20.7 Å². The average Bonchev–Trinajstić information content (AvgIpc) is 3.61. The van der Waals surface area contributed by atoms with Crippen molar-refractivity contribution in [1.82, 2.24) is 25.4 Å². The summed E-state index contributed by atoms with van der Waals surface area (Å²) in [6.07, 6.45) is 6.12. The smallest absolute Gasteiger partial charge is 0.241 e. The van der Waals surface area contributed by atoms with Crippen LogP contribution in [0.2, 0.25) is 5.02 Å². The number of benzene rings is 3. The van der Waals surface area contributed by atoms with Crippen LogP contribution in [0.4, 0.5) is 0 Å². The monoisotopic (exact) mass is 539 g/mol. The summed E-state index contributed by atoms with van der Waals surface area (Å²) in [6.45, 7) is 2.72. The Balaban J connectivity index is 1.41. The maximum atomic E-state index is 14.2. The van der Waals surface area contributed by atoms with Crippen LogP contribution in [0, 0.1) is 0 Å². The molecule has 0 radical (unpaired) electrons. The van der Waals surface area contributed by atoms with E-state index < -0.39 is 5.54 Å². The van der Waals surface area contributed by atoms with Crippen LogP contribution in [0.15, 0.2) is 91.4 Å². The highest BCUT2D eigenvalue weighted by Gasteiger charge is 2.36. The lowest BCUT2D eigenvalue weighted by Crippen LogP contribution is -2.47. The van der Waals surface area contributed by atoms with Gasteiger partial charge in [0, 0.05) is 53.0 Å². The molecule has 1 atom stereocenters. The molecular weight excluding hydrogens is 510 g/mol. The van der Waals surface area contributed by atoms with Crippen LogP contribution < -0.4 is 10.6 Å². The minimum absolute atomic E-state index is 0.0118. The molecule has 5 aromatic rings. The zero-order valence-corrected chi connectivity index (χ0v) is 22.6. The number of hydrogen-bond donors (Lipinski definition) is 3. The normalized spacial score (nSPS) is 12.8. The first-order chi connectivity index (χ1) is 18.9. The van der Waals surface area contributed by atoms with Gasteiger partial charge in [0.1, 0.15) is 12.1 Å². The van der Waals surface area contributed by atoms with Gasteiger partial charge in [0.25, 0.3) is 0 Å². The van der Waals surface area contributed by atoms with E-state index in [0.717, 1.165) is 39.6 Å². The van der Waals surface area contributed by atoms with Gasteiger partial charge < -0.3 is 15.6 Å². The lowest BCUT2D eigenvalue weighted by atomic mass is 9.83. The van der Waals surface area contributed by atoms with E-state index in [0.29, 0.717) is 17.1 Å². The van der Waals surface area contributed by atoms with E-state index >= 15 is 0 Å². The van der Waals surface area contributed by atoms with Gasteiger partial charge in [0.05, 0.1) is 6.20 Å². The summed E-state index contributed by atoms with van der Waals surface area (Å²) in [5.41, 5.74) is 4.43. The van der Waals surface area contributed by atoms with Gasteiger partial charge in [0.2, 0.25) is 5.91 Å². The third-order valence-electron chi connectivity index (χ3n) is 7.09. The van der Waals surface area contributed by atoms with Gasteiger partial charge in [-0.15, -0.1) is 0 Å². The number of ketones is 1. The summed E-state index contributed by atoms with van der Waals surface area (Å²) in [5, 5.41) is 12.0. The van der Waals surface area contributed by atoms with Crippen molar-refractivity contribution in [2.75, 3.05) is 13.6 Å². The first kappa shape index (κ1) is 26.4. The van der Waals surface area contributed by atoms with Crippen LogP contribution in [0.3, 0.4) is 0 Å². The Morgan fingerprint density at radius 3 is 2.54 bits per heavy atom. The quantitative estimate of drug-likeness (QED) is 0.208. The lowest BCUT2D eigenvalue weighted by molar-refractivity contribution is -0.121. The molecule has 2 aromatic heterocycles.